The van der Waals surface area contributed by atoms with Crippen LogP contribution in [0.25, 0.3) is 0 Å². The molecular formula is C8H15NO2S. The molecule has 0 unspecified atom stereocenters. The van der Waals surface area contributed by atoms with E-state index in [-0.39, 0.29) is 6.54 Å². The first-order chi connectivity index (χ1) is 5.74. The molecule has 0 aromatic carbocycles. The normalized spacial score (nSPS) is 16.8. The van der Waals surface area contributed by atoms with Gasteiger partial charge in [-0.15, -0.1) is 0 Å². The number of rotatable bonds is 6. The first-order valence-electron chi connectivity index (χ1n) is 4.19. The van der Waals surface area contributed by atoms with Crippen LogP contribution in [0.5, 0.6) is 0 Å². The van der Waals surface area contributed by atoms with E-state index in [1.54, 1.807) is 11.8 Å². The molecule has 4 heteroatoms. The van der Waals surface area contributed by atoms with Crippen molar-refractivity contribution in [1.29, 1.82) is 0 Å². The summed E-state index contributed by atoms with van der Waals surface area (Å²) in [5, 5.41) is 8.61. The Kier molecular flexibility index (Phi) is 3.88. The van der Waals surface area contributed by atoms with Crippen LogP contribution < -0.4 is 0 Å². The second-order valence-electron chi connectivity index (χ2n) is 3.09. The Bertz CT molecular complexity index is 159. The quantitative estimate of drug-likeness (QED) is 0.674. The largest absolute Gasteiger partial charge is 0.480 e. The Morgan fingerprint density at radius 2 is 2.33 bits per heavy atom. The molecule has 0 heterocycles. The molecule has 0 amide bonds. The van der Waals surface area contributed by atoms with E-state index in [1.165, 1.54) is 12.8 Å². The highest BCUT2D eigenvalue weighted by atomic mass is 32.2. The molecule has 1 N–H and O–H groups in total. The zero-order chi connectivity index (χ0) is 8.97. The summed E-state index contributed by atoms with van der Waals surface area (Å²) in [4.78, 5) is 12.5. The Balaban J connectivity index is 2.22. The number of hydrogen-bond acceptors (Lipinski definition) is 3. The van der Waals surface area contributed by atoms with Gasteiger partial charge in [-0.3, -0.25) is 9.69 Å². The van der Waals surface area contributed by atoms with Crippen LogP contribution in [0.1, 0.15) is 12.8 Å². The molecule has 12 heavy (non-hydrogen) atoms. The summed E-state index contributed by atoms with van der Waals surface area (Å²) in [5.41, 5.74) is 0. The monoisotopic (exact) mass is 189 g/mol. The van der Waals surface area contributed by atoms with E-state index < -0.39 is 5.97 Å². The zero-order valence-electron chi connectivity index (χ0n) is 7.32. The van der Waals surface area contributed by atoms with Crippen LogP contribution in [0.15, 0.2) is 0 Å². The molecule has 0 saturated heterocycles. The third-order valence-corrected chi connectivity index (χ3v) is 2.58. The second kappa shape index (κ2) is 4.72. The highest BCUT2D eigenvalue weighted by molar-refractivity contribution is 7.98. The number of hydrogen-bond donors (Lipinski definition) is 1. The minimum absolute atomic E-state index is 0.214. The van der Waals surface area contributed by atoms with Gasteiger partial charge in [0.05, 0.1) is 6.54 Å². The van der Waals surface area contributed by atoms with Gasteiger partial charge in [0.25, 0.3) is 0 Å². The molecule has 1 saturated carbocycles. The first kappa shape index (κ1) is 9.86. The molecule has 0 radical (unpaired) electrons. The number of carboxylic acids is 1. The molecule has 0 bridgehead atoms. The molecule has 0 spiro atoms. The Morgan fingerprint density at radius 1 is 1.67 bits per heavy atom. The summed E-state index contributed by atoms with van der Waals surface area (Å²) in [6.45, 7) is 1.13. The van der Waals surface area contributed by atoms with Crippen LogP contribution in [0, 0.1) is 0 Å². The standard InChI is InChI=1S/C8H15NO2S/c1-12-5-4-9(6-8(10)11)7-2-3-7/h7H,2-6H2,1H3,(H,10,11). The lowest BCUT2D eigenvalue weighted by atomic mass is 10.4. The molecule has 1 aliphatic carbocycles. The Morgan fingerprint density at radius 3 is 2.75 bits per heavy atom. The SMILES string of the molecule is CSCCN(CC(=O)O)C1CC1. The second-order valence-corrected chi connectivity index (χ2v) is 4.07. The van der Waals surface area contributed by atoms with Gasteiger partial charge in [0, 0.05) is 18.3 Å². The van der Waals surface area contributed by atoms with Crippen LogP contribution in [0.4, 0.5) is 0 Å². The molecule has 70 valence electrons. The predicted molar refractivity (Wildman–Crippen MR) is 50.6 cm³/mol. The molecule has 0 atom stereocenters. The van der Waals surface area contributed by atoms with Crippen molar-refractivity contribution in [3.05, 3.63) is 0 Å². The third kappa shape index (κ3) is 3.45. The van der Waals surface area contributed by atoms with Crippen molar-refractivity contribution in [2.75, 3.05) is 25.1 Å². The van der Waals surface area contributed by atoms with Crippen molar-refractivity contribution in [2.24, 2.45) is 0 Å². The number of carbonyl (C=O) groups is 1. The molecular weight excluding hydrogens is 174 g/mol. The van der Waals surface area contributed by atoms with Crippen LogP contribution in [-0.4, -0.2) is 47.1 Å². The fourth-order valence-corrected chi connectivity index (χ4v) is 1.63. The Labute approximate surface area is 77.1 Å². The van der Waals surface area contributed by atoms with Gasteiger partial charge in [-0.2, -0.15) is 11.8 Å². The van der Waals surface area contributed by atoms with Crippen LogP contribution >= 0.6 is 11.8 Å². The third-order valence-electron chi connectivity index (χ3n) is 1.98. The van der Waals surface area contributed by atoms with Gasteiger partial charge >= 0.3 is 5.97 Å². The molecule has 0 aliphatic heterocycles. The number of carboxylic acid groups (broad SMARTS) is 1. The molecule has 1 rings (SSSR count). The van der Waals surface area contributed by atoms with E-state index >= 15 is 0 Å². The van der Waals surface area contributed by atoms with Gasteiger partial charge in [0.2, 0.25) is 0 Å². The molecule has 3 nitrogen and oxygen atoms in total. The van der Waals surface area contributed by atoms with Crippen LogP contribution in [0.3, 0.4) is 0 Å². The summed E-state index contributed by atoms with van der Waals surface area (Å²) in [6, 6.07) is 0.563. The lowest BCUT2D eigenvalue weighted by molar-refractivity contribution is -0.138. The first-order valence-corrected chi connectivity index (χ1v) is 5.58. The van der Waals surface area contributed by atoms with Crippen LogP contribution in [0.2, 0.25) is 0 Å². The van der Waals surface area contributed by atoms with Crippen molar-refractivity contribution in [3.8, 4) is 0 Å². The maximum absolute atomic E-state index is 10.5. The predicted octanol–water partition coefficient (Wildman–Crippen LogP) is 0.898. The van der Waals surface area contributed by atoms with Crippen molar-refractivity contribution in [2.45, 2.75) is 18.9 Å². The fourth-order valence-electron chi connectivity index (χ4n) is 1.21. The van der Waals surface area contributed by atoms with Crippen molar-refractivity contribution < 1.29 is 9.90 Å². The molecule has 0 aromatic heterocycles. The summed E-state index contributed by atoms with van der Waals surface area (Å²) in [7, 11) is 0. The summed E-state index contributed by atoms with van der Waals surface area (Å²) < 4.78 is 0. The fraction of sp³-hybridized carbons (Fsp3) is 0.875. The van der Waals surface area contributed by atoms with Gasteiger partial charge in [-0.25, -0.2) is 0 Å². The van der Waals surface area contributed by atoms with Crippen LogP contribution in [-0.2, 0) is 4.79 Å². The topological polar surface area (TPSA) is 40.5 Å². The summed E-state index contributed by atoms with van der Waals surface area (Å²) in [6.07, 6.45) is 4.41. The number of aliphatic carboxylic acids is 1. The molecule has 1 aliphatic rings. The summed E-state index contributed by atoms with van der Waals surface area (Å²) in [5.74, 6) is 0.326. The molecule has 1 fully saturated rings. The van der Waals surface area contributed by atoms with E-state index in [2.05, 4.69) is 4.90 Å². The maximum Gasteiger partial charge on any atom is 0.317 e. The van der Waals surface area contributed by atoms with Gasteiger partial charge in [-0.05, 0) is 19.1 Å². The van der Waals surface area contributed by atoms with Gasteiger partial charge in [0.15, 0.2) is 0 Å². The van der Waals surface area contributed by atoms with E-state index in [1.807, 2.05) is 6.26 Å². The highest BCUT2D eigenvalue weighted by Crippen LogP contribution is 2.26. The lowest BCUT2D eigenvalue weighted by Crippen LogP contribution is -2.33. The smallest absolute Gasteiger partial charge is 0.317 e. The van der Waals surface area contributed by atoms with E-state index in [9.17, 15) is 4.79 Å². The zero-order valence-corrected chi connectivity index (χ0v) is 8.14. The van der Waals surface area contributed by atoms with E-state index in [0.717, 1.165) is 12.3 Å². The van der Waals surface area contributed by atoms with E-state index in [4.69, 9.17) is 5.11 Å². The molecule has 0 aromatic rings. The Hall–Kier alpha value is -0.220. The lowest BCUT2D eigenvalue weighted by Gasteiger charge is -2.18. The van der Waals surface area contributed by atoms with Gasteiger partial charge in [-0.1, -0.05) is 0 Å². The highest BCUT2D eigenvalue weighted by Gasteiger charge is 2.29. The average molecular weight is 189 g/mol. The van der Waals surface area contributed by atoms with Crippen molar-refractivity contribution >= 4 is 17.7 Å². The number of thioether (sulfide) groups is 1. The summed E-state index contributed by atoms with van der Waals surface area (Å²) >= 11 is 1.77. The van der Waals surface area contributed by atoms with E-state index in [0.29, 0.717) is 6.04 Å². The van der Waals surface area contributed by atoms with Gasteiger partial charge < -0.3 is 5.11 Å². The maximum atomic E-state index is 10.5. The number of nitrogens with zero attached hydrogens (tertiary/aromatic N) is 1. The minimum Gasteiger partial charge on any atom is -0.480 e. The minimum atomic E-state index is -0.706. The van der Waals surface area contributed by atoms with Crippen molar-refractivity contribution in [3.63, 3.8) is 0 Å². The van der Waals surface area contributed by atoms with Crippen molar-refractivity contribution in [1.82, 2.24) is 4.90 Å². The van der Waals surface area contributed by atoms with Gasteiger partial charge in [0.1, 0.15) is 0 Å². The average Bonchev–Trinajstić information content (AvgIpc) is 2.79.